The van der Waals surface area contributed by atoms with Crippen molar-refractivity contribution < 1.29 is 4.74 Å². The van der Waals surface area contributed by atoms with E-state index in [1.807, 2.05) is 31.2 Å². The van der Waals surface area contributed by atoms with Gasteiger partial charge in [0.05, 0.1) is 5.69 Å². The Kier molecular flexibility index (Phi) is 4.47. The highest BCUT2D eigenvalue weighted by Crippen LogP contribution is 2.26. The zero-order valence-corrected chi connectivity index (χ0v) is 14.1. The van der Waals surface area contributed by atoms with E-state index in [-0.39, 0.29) is 5.56 Å². The average Bonchev–Trinajstić information content (AvgIpc) is 2.48. The van der Waals surface area contributed by atoms with Crippen molar-refractivity contribution in [3.05, 3.63) is 86.8 Å². The molecule has 0 unspecified atom stereocenters. The van der Waals surface area contributed by atoms with Gasteiger partial charge < -0.3 is 4.74 Å². The number of benzene rings is 2. The van der Waals surface area contributed by atoms with E-state index in [0.29, 0.717) is 6.42 Å². The van der Waals surface area contributed by atoms with E-state index >= 15 is 0 Å². The van der Waals surface area contributed by atoms with Crippen LogP contribution < -0.4 is 10.3 Å². The molecular formula is C20H20N2O2. The van der Waals surface area contributed by atoms with Gasteiger partial charge in [0.1, 0.15) is 11.5 Å². The minimum absolute atomic E-state index is 0.193. The van der Waals surface area contributed by atoms with Gasteiger partial charge in [-0.15, -0.1) is 0 Å². The Balaban J connectivity index is 1.85. The van der Waals surface area contributed by atoms with Gasteiger partial charge in [0.25, 0.3) is 5.56 Å². The van der Waals surface area contributed by atoms with Crippen LogP contribution in [-0.2, 0) is 6.42 Å². The fourth-order valence-electron chi connectivity index (χ4n) is 2.79. The van der Waals surface area contributed by atoms with Crippen molar-refractivity contribution in [3.8, 4) is 11.5 Å². The first-order chi connectivity index (χ1) is 11.5. The minimum atomic E-state index is -0.193. The number of hydrogen-bond acceptors (Lipinski definition) is 3. The smallest absolute Gasteiger partial charge is 0.264 e. The Bertz CT molecular complexity index is 888. The molecule has 1 heterocycles. The quantitative estimate of drug-likeness (QED) is 0.788. The summed E-state index contributed by atoms with van der Waals surface area (Å²) >= 11 is 0. The van der Waals surface area contributed by atoms with Crippen LogP contribution in [0.25, 0.3) is 0 Å². The summed E-state index contributed by atoms with van der Waals surface area (Å²) < 4.78 is 6.04. The molecule has 0 spiro atoms. The van der Waals surface area contributed by atoms with Crippen LogP contribution in [-0.4, -0.2) is 10.2 Å². The molecular weight excluding hydrogens is 300 g/mol. The second kappa shape index (κ2) is 6.71. The molecule has 4 heteroatoms. The Morgan fingerprint density at radius 1 is 0.875 bits per heavy atom. The average molecular weight is 320 g/mol. The molecule has 1 N–H and O–H groups in total. The van der Waals surface area contributed by atoms with Crippen molar-refractivity contribution in [1.82, 2.24) is 10.2 Å². The fourth-order valence-corrected chi connectivity index (χ4v) is 2.79. The number of rotatable bonds is 4. The minimum Gasteiger partial charge on any atom is -0.457 e. The molecule has 0 amide bonds. The maximum Gasteiger partial charge on any atom is 0.264 e. The van der Waals surface area contributed by atoms with Crippen molar-refractivity contribution in [3.63, 3.8) is 0 Å². The van der Waals surface area contributed by atoms with E-state index in [1.54, 1.807) is 6.07 Å². The molecule has 122 valence electrons. The predicted octanol–water partition coefficient (Wildman–Crippen LogP) is 4.08. The Morgan fingerprint density at radius 2 is 1.50 bits per heavy atom. The highest BCUT2D eigenvalue weighted by Gasteiger charge is 2.05. The molecule has 24 heavy (non-hydrogen) atoms. The van der Waals surface area contributed by atoms with E-state index in [4.69, 9.17) is 4.74 Å². The third-order valence-electron chi connectivity index (χ3n) is 3.66. The first-order valence-electron chi connectivity index (χ1n) is 7.89. The molecule has 0 aliphatic carbocycles. The summed E-state index contributed by atoms with van der Waals surface area (Å²) in [5, 5.41) is 6.53. The SMILES string of the molecule is Cc1cc(C)cc(Oc2cc(C)cc(Cc3ccc(=O)[nH]n3)c2)c1. The lowest BCUT2D eigenvalue weighted by Gasteiger charge is -2.11. The predicted molar refractivity (Wildman–Crippen MR) is 94.8 cm³/mol. The second-order valence-electron chi connectivity index (χ2n) is 6.17. The molecule has 0 aliphatic heterocycles. The van der Waals surface area contributed by atoms with Crippen molar-refractivity contribution in [2.24, 2.45) is 0 Å². The second-order valence-corrected chi connectivity index (χ2v) is 6.17. The Morgan fingerprint density at radius 3 is 2.12 bits per heavy atom. The van der Waals surface area contributed by atoms with E-state index < -0.39 is 0 Å². The highest BCUT2D eigenvalue weighted by molar-refractivity contribution is 5.40. The zero-order valence-electron chi connectivity index (χ0n) is 14.1. The van der Waals surface area contributed by atoms with Crippen molar-refractivity contribution in [2.75, 3.05) is 0 Å². The zero-order chi connectivity index (χ0) is 17.1. The van der Waals surface area contributed by atoms with E-state index in [1.165, 1.54) is 17.2 Å². The number of aryl methyl sites for hydroxylation is 3. The highest BCUT2D eigenvalue weighted by atomic mass is 16.5. The molecule has 0 atom stereocenters. The molecule has 0 saturated heterocycles. The van der Waals surface area contributed by atoms with Crippen molar-refractivity contribution >= 4 is 0 Å². The molecule has 4 nitrogen and oxygen atoms in total. The standard InChI is InChI=1S/C20H20N2O2/c1-13-6-14(2)9-18(8-13)24-19-10-15(3)7-16(12-19)11-17-4-5-20(23)22-21-17/h4-10,12H,11H2,1-3H3,(H,22,23). The van der Waals surface area contributed by atoms with Gasteiger partial charge in [-0.25, -0.2) is 5.10 Å². The summed E-state index contributed by atoms with van der Waals surface area (Å²) in [6, 6.07) is 15.5. The molecule has 0 radical (unpaired) electrons. The number of hydrogen-bond donors (Lipinski definition) is 1. The van der Waals surface area contributed by atoms with Crippen LogP contribution in [0.15, 0.2) is 53.3 Å². The van der Waals surface area contributed by atoms with Crippen molar-refractivity contribution in [2.45, 2.75) is 27.2 Å². The van der Waals surface area contributed by atoms with Gasteiger partial charge in [0, 0.05) is 12.5 Å². The molecule has 0 fully saturated rings. The van der Waals surface area contributed by atoms with Gasteiger partial charge in [0.15, 0.2) is 0 Å². The fraction of sp³-hybridized carbons (Fsp3) is 0.200. The molecule has 3 rings (SSSR count). The van der Waals surface area contributed by atoms with Crippen LogP contribution in [0.5, 0.6) is 11.5 Å². The van der Waals surface area contributed by atoms with Crippen LogP contribution >= 0.6 is 0 Å². The normalized spacial score (nSPS) is 10.6. The van der Waals surface area contributed by atoms with E-state index in [9.17, 15) is 4.79 Å². The van der Waals surface area contributed by atoms with Crippen molar-refractivity contribution in [1.29, 1.82) is 0 Å². The van der Waals surface area contributed by atoms with Crippen LogP contribution in [0.1, 0.15) is 27.9 Å². The summed E-state index contributed by atoms with van der Waals surface area (Å²) in [6.45, 7) is 6.16. The number of aromatic amines is 1. The molecule has 0 bridgehead atoms. The van der Waals surface area contributed by atoms with Gasteiger partial charge in [-0.3, -0.25) is 4.79 Å². The van der Waals surface area contributed by atoms with E-state index in [0.717, 1.165) is 28.3 Å². The summed E-state index contributed by atoms with van der Waals surface area (Å²) in [5.74, 6) is 1.64. The number of aromatic nitrogens is 2. The third-order valence-corrected chi connectivity index (χ3v) is 3.66. The van der Waals surface area contributed by atoms with Gasteiger partial charge in [-0.2, -0.15) is 5.10 Å². The summed E-state index contributed by atoms with van der Waals surface area (Å²) in [7, 11) is 0. The molecule has 3 aromatic rings. The molecule has 0 saturated carbocycles. The number of ether oxygens (including phenoxy) is 1. The van der Waals surface area contributed by atoms with Crippen LogP contribution in [0.2, 0.25) is 0 Å². The van der Waals surface area contributed by atoms with E-state index in [2.05, 4.69) is 36.2 Å². The lowest BCUT2D eigenvalue weighted by atomic mass is 10.1. The first-order valence-corrected chi connectivity index (χ1v) is 7.89. The lowest BCUT2D eigenvalue weighted by molar-refractivity contribution is 0.481. The first kappa shape index (κ1) is 16.0. The molecule has 2 aromatic carbocycles. The number of nitrogens with zero attached hydrogens (tertiary/aromatic N) is 1. The van der Waals surface area contributed by atoms with Gasteiger partial charge >= 0.3 is 0 Å². The van der Waals surface area contributed by atoms with Gasteiger partial charge in [-0.05, 0) is 73.4 Å². The topological polar surface area (TPSA) is 55.0 Å². The van der Waals surface area contributed by atoms with Gasteiger partial charge in [-0.1, -0.05) is 12.1 Å². The van der Waals surface area contributed by atoms with Crippen LogP contribution in [0, 0.1) is 20.8 Å². The maximum atomic E-state index is 11.1. The maximum absolute atomic E-state index is 11.1. The monoisotopic (exact) mass is 320 g/mol. The molecule has 0 aliphatic rings. The third kappa shape index (κ3) is 4.10. The Labute approximate surface area is 141 Å². The Hall–Kier alpha value is -2.88. The summed E-state index contributed by atoms with van der Waals surface area (Å²) in [5.41, 5.74) is 5.19. The lowest BCUT2D eigenvalue weighted by Crippen LogP contribution is -2.07. The summed E-state index contributed by atoms with van der Waals surface area (Å²) in [4.78, 5) is 11.1. The van der Waals surface area contributed by atoms with Crippen LogP contribution in [0.4, 0.5) is 0 Å². The largest absolute Gasteiger partial charge is 0.457 e. The number of H-pyrrole nitrogens is 1. The van der Waals surface area contributed by atoms with Crippen LogP contribution in [0.3, 0.4) is 0 Å². The summed E-state index contributed by atoms with van der Waals surface area (Å²) in [6.07, 6.45) is 0.641. The number of nitrogens with one attached hydrogen (secondary N) is 1. The molecule has 1 aromatic heterocycles. The van der Waals surface area contributed by atoms with Gasteiger partial charge in [0.2, 0.25) is 0 Å².